The second-order valence-electron chi connectivity index (χ2n) is 8.20. The second-order valence-corrected chi connectivity index (χ2v) is 8.20. The number of hydrazine groups is 1. The standard InChI is InChI=1S/C22H27N5O3/c1-16-18-9-6-12-25(18)13-14-26(16)15-19(28)24-27-20(29)22(2,23-21(27)30)11-10-17-7-4-3-5-8-17/h3-9,12,16H,10-11,13-15H2,1-2H3,(H,23,30)(H,24,28)/t16-,22-/m1/s1. The van der Waals surface area contributed by atoms with E-state index in [1.807, 2.05) is 60.5 Å². The first-order valence-corrected chi connectivity index (χ1v) is 10.3. The van der Waals surface area contributed by atoms with Crippen molar-refractivity contribution in [3.8, 4) is 0 Å². The fraction of sp³-hybridized carbons (Fsp3) is 0.409. The molecule has 2 aliphatic heterocycles. The number of benzene rings is 1. The van der Waals surface area contributed by atoms with Gasteiger partial charge >= 0.3 is 6.03 Å². The van der Waals surface area contributed by atoms with Crippen molar-refractivity contribution in [2.75, 3.05) is 13.1 Å². The van der Waals surface area contributed by atoms with Gasteiger partial charge in [0, 0.05) is 31.0 Å². The maximum atomic E-state index is 12.9. The highest BCUT2D eigenvalue weighted by molar-refractivity contribution is 6.07. The second kappa shape index (κ2) is 7.95. The number of amides is 4. The number of nitrogens with one attached hydrogen (secondary N) is 2. The number of urea groups is 1. The molecule has 30 heavy (non-hydrogen) atoms. The highest BCUT2D eigenvalue weighted by Crippen LogP contribution is 2.25. The average molecular weight is 409 g/mol. The molecule has 2 aromatic rings. The van der Waals surface area contributed by atoms with E-state index in [0.29, 0.717) is 12.8 Å². The van der Waals surface area contributed by atoms with Crippen LogP contribution in [0.4, 0.5) is 4.79 Å². The van der Waals surface area contributed by atoms with Gasteiger partial charge in [-0.05, 0) is 44.4 Å². The third kappa shape index (κ3) is 3.82. The van der Waals surface area contributed by atoms with E-state index in [1.54, 1.807) is 6.92 Å². The molecule has 2 N–H and O–H groups in total. The van der Waals surface area contributed by atoms with Crippen LogP contribution in [0.1, 0.15) is 37.6 Å². The van der Waals surface area contributed by atoms with Crippen molar-refractivity contribution in [2.24, 2.45) is 0 Å². The van der Waals surface area contributed by atoms with Gasteiger partial charge in [-0.3, -0.25) is 19.9 Å². The Morgan fingerprint density at radius 3 is 2.70 bits per heavy atom. The van der Waals surface area contributed by atoms with Crippen LogP contribution in [0.3, 0.4) is 0 Å². The average Bonchev–Trinajstić information content (AvgIpc) is 3.29. The fourth-order valence-electron chi connectivity index (χ4n) is 4.18. The molecule has 4 amide bonds. The Morgan fingerprint density at radius 1 is 1.17 bits per heavy atom. The number of carbonyl (C=O) groups excluding carboxylic acids is 3. The van der Waals surface area contributed by atoms with Crippen molar-refractivity contribution in [3.63, 3.8) is 0 Å². The number of hydrogen-bond donors (Lipinski definition) is 2. The van der Waals surface area contributed by atoms with E-state index in [2.05, 4.69) is 15.3 Å². The number of carbonyl (C=O) groups is 3. The highest BCUT2D eigenvalue weighted by atomic mass is 16.2. The van der Waals surface area contributed by atoms with Gasteiger partial charge < -0.3 is 9.88 Å². The maximum Gasteiger partial charge on any atom is 0.344 e. The van der Waals surface area contributed by atoms with Crippen LogP contribution >= 0.6 is 0 Å². The molecule has 0 radical (unpaired) electrons. The lowest BCUT2D eigenvalue weighted by Gasteiger charge is -2.34. The van der Waals surface area contributed by atoms with E-state index in [9.17, 15) is 14.4 Å². The zero-order valence-corrected chi connectivity index (χ0v) is 17.3. The number of rotatable bonds is 6. The van der Waals surface area contributed by atoms with Crippen molar-refractivity contribution in [1.29, 1.82) is 0 Å². The SMILES string of the molecule is C[C@@H]1c2cccn2CCN1CC(=O)NN1C(=O)N[C@](C)(CCc2ccccc2)C1=O. The summed E-state index contributed by atoms with van der Waals surface area (Å²) in [7, 11) is 0. The Hall–Kier alpha value is -3.13. The molecule has 1 saturated heterocycles. The molecule has 2 atom stereocenters. The predicted octanol–water partition coefficient (Wildman–Crippen LogP) is 1.84. The Balaban J connectivity index is 1.35. The first-order valence-electron chi connectivity index (χ1n) is 10.3. The Kier molecular flexibility index (Phi) is 5.34. The summed E-state index contributed by atoms with van der Waals surface area (Å²) in [5.74, 6) is -0.810. The van der Waals surface area contributed by atoms with Gasteiger partial charge in [-0.25, -0.2) is 4.79 Å². The zero-order valence-electron chi connectivity index (χ0n) is 17.3. The van der Waals surface area contributed by atoms with E-state index in [0.717, 1.165) is 29.4 Å². The van der Waals surface area contributed by atoms with E-state index >= 15 is 0 Å². The quantitative estimate of drug-likeness (QED) is 0.713. The molecule has 0 unspecified atom stereocenters. The number of aryl methyl sites for hydroxylation is 1. The topological polar surface area (TPSA) is 86.7 Å². The first kappa shape index (κ1) is 20.2. The smallest absolute Gasteiger partial charge is 0.344 e. The Bertz CT molecular complexity index is 957. The van der Waals surface area contributed by atoms with Crippen LogP contribution in [0.25, 0.3) is 0 Å². The molecule has 4 rings (SSSR count). The summed E-state index contributed by atoms with van der Waals surface area (Å²) in [6.07, 6.45) is 3.14. The van der Waals surface area contributed by atoms with Crippen molar-refractivity contribution in [2.45, 2.75) is 44.8 Å². The molecule has 1 aromatic heterocycles. The van der Waals surface area contributed by atoms with Gasteiger partial charge in [0.25, 0.3) is 11.8 Å². The summed E-state index contributed by atoms with van der Waals surface area (Å²) in [4.78, 5) is 39.9. The van der Waals surface area contributed by atoms with Gasteiger partial charge in [0.1, 0.15) is 5.54 Å². The van der Waals surface area contributed by atoms with E-state index < -0.39 is 17.5 Å². The molecule has 8 nitrogen and oxygen atoms in total. The number of fused-ring (bicyclic) bond motifs is 1. The zero-order chi connectivity index (χ0) is 21.3. The molecule has 0 bridgehead atoms. The van der Waals surface area contributed by atoms with Crippen molar-refractivity contribution < 1.29 is 14.4 Å². The van der Waals surface area contributed by atoms with Crippen molar-refractivity contribution in [3.05, 3.63) is 59.9 Å². The number of hydrogen-bond acceptors (Lipinski definition) is 4. The lowest BCUT2D eigenvalue weighted by Crippen LogP contribution is -2.52. The molecule has 0 spiro atoms. The highest BCUT2D eigenvalue weighted by Gasteiger charge is 2.48. The third-order valence-corrected chi connectivity index (χ3v) is 6.07. The molecule has 1 fully saturated rings. The van der Waals surface area contributed by atoms with Crippen LogP contribution in [0.15, 0.2) is 48.7 Å². The summed E-state index contributed by atoms with van der Waals surface area (Å²) in [5.41, 5.74) is 3.70. The van der Waals surface area contributed by atoms with Crippen LogP contribution in [0, 0.1) is 0 Å². The van der Waals surface area contributed by atoms with Gasteiger partial charge in [0.15, 0.2) is 0 Å². The summed E-state index contributed by atoms with van der Waals surface area (Å²) >= 11 is 0. The Labute approximate surface area is 175 Å². The monoisotopic (exact) mass is 409 g/mol. The van der Waals surface area contributed by atoms with E-state index in [1.165, 1.54) is 0 Å². The minimum Gasteiger partial charge on any atom is -0.349 e. The Morgan fingerprint density at radius 2 is 1.93 bits per heavy atom. The molecule has 0 saturated carbocycles. The lowest BCUT2D eigenvalue weighted by molar-refractivity contribution is -0.139. The molecule has 158 valence electrons. The van der Waals surface area contributed by atoms with Gasteiger partial charge in [0.2, 0.25) is 0 Å². The minimum atomic E-state index is -1.04. The summed E-state index contributed by atoms with van der Waals surface area (Å²) < 4.78 is 2.18. The number of nitrogens with zero attached hydrogens (tertiary/aromatic N) is 3. The summed E-state index contributed by atoms with van der Waals surface area (Å²) in [6, 6.07) is 13.3. The van der Waals surface area contributed by atoms with Crippen LogP contribution < -0.4 is 10.7 Å². The first-order chi connectivity index (χ1) is 14.4. The number of aromatic nitrogens is 1. The predicted molar refractivity (Wildman–Crippen MR) is 111 cm³/mol. The molecule has 0 aliphatic carbocycles. The summed E-state index contributed by atoms with van der Waals surface area (Å²) in [6.45, 7) is 5.39. The largest absolute Gasteiger partial charge is 0.349 e. The molecule has 1 aromatic carbocycles. The van der Waals surface area contributed by atoms with Gasteiger partial charge in [-0.1, -0.05) is 30.3 Å². The lowest BCUT2D eigenvalue weighted by atomic mass is 9.93. The number of imide groups is 1. The van der Waals surface area contributed by atoms with Crippen LogP contribution in [-0.4, -0.2) is 50.9 Å². The molecule has 3 heterocycles. The maximum absolute atomic E-state index is 12.9. The van der Waals surface area contributed by atoms with Crippen LogP contribution in [0.2, 0.25) is 0 Å². The summed E-state index contributed by atoms with van der Waals surface area (Å²) in [5, 5.41) is 3.56. The van der Waals surface area contributed by atoms with Gasteiger partial charge in [-0.2, -0.15) is 5.01 Å². The van der Waals surface area contributed by atoms with Crippen molar-refractivity contribution >= 4 is 17.8 Å². The van der Waals surface area contributed by atoms with Crippen molar-refractivity contribution in [1.82, 2.24) is 25.2 Å². The third-order valence-electron chi connectivity index (χ3n) is 6.07. The van der Waals surface area contributed by atoms with Crippen LogP contribution in [0.5, 0.6) is 0 Å². The minimum absolute atomic E-state index is 0.0822. The molecule has 8 heteroatoms. The van der Waals surface area contributed by atoms with E-state index in [4.69, 9.17) is 0 Å². The molecular formula is C22H27N5O3. The van der Waals surface area contributed by atoms with Gasteiger partial charge in [0.05, 0.1) is 6.54 Å². The fourth-order valence-corrected chi connectivity index (χ4v) is 4.18. The molecular weight excluding hydrogens is 382 g/mol. The van der Waals surface area contributed by atoms with Gasteiger partial charge in [-0.15, -0.1) is 0 Å². The normalized spacial score (nSPS) is 23.9. The molecule has 2 aliphatic rings. The van der Waals surface area contributed by atoms with E-state index in [-0.39, 0.29) is 18.5 Å². The van der Waals surface area contributed by atoms with Crippen LogP contribution in [-0.2, 0) is 22.6 Å².